The molecule has 3 aliphatic heterocycles. The average molecular weight is 905 g/mol. The Labute approximate surface area is 411 Å². The first-order valence-corrected chi connectivity index (χ1v) is 25.3. The summed E-state index contributed by atoms with van der Waals surface area (Å²) in [6.07, 6.45) is 6.17. The molecule has 8 aromatic carbocycles. The molecule has 2 unspecified atom stereocenters. The van der Waals surface area contributed by atoms with E-state index in [0.29, 0.717) is 0 Å². The van der Waals surface area contributed by atoms with Crippen molar-refractivity contribution in [3.63, 3.8) is 0 Å². The molecule has 14 rings (SSSR count). The Balaban J connectivity index is 1.08. The van der Waals surface area contributed by atoms with Gasteiger partial charge in [-0.25, -0.2) is 0 Å². The van der Waals surface area contributed by atoms with Crippen LogP contribution >= 0.6 is 0 Å². The zero-order valence-corrected chi connectivity index (χ0v) is 41.5. The normalized spacial score (nSPS) is 16.7. The van der Waals surface area contributed by atoms with Gasteiger partial charge in [0, 0.05) is 67.1 Å². The second kappa shape index (κ2) is 14.5. The number of fused-ring (bicyclic) bond motifs is 8. The summed E-state index contributed by atoms with van der Waals surface area (Å²) in [4.78, 5) is 5.02. The van der Waals surface area contributed by atoms with Crippen LogP contribution in [0.25, 0.3) is 55.0 Å². The van der Waals surface area contributed by atoms with Gasteiger partial charge in [-0.05, 0) is 155 Å². The molecule has 4 aliphatic rings. The topological polar surface area (TPSA) is 16.3 Å². The van der Waals surface area contributed by atoms with E-state index in [1.54, 1.807) is 0 Å². The molecule has 0 fully saturated rings. The van der Waals surface area contributed by atoms with E-state index in [2.05, 4.69) is 250 Å². The fourth-order valence-corrected chi connectivity index (χ4v) is 13.0. The molecule has 2 aromatic heterocycles. The molecule has 10 aromatic rings. The molecular weight excluding hydrogens is 848 g/mol. The predicted octanol–water partition coefficient (Wildman–Crippen LogP) is 15.6. The van der Waals surface area contributed by atoms with E-state index in [1.807, 2.05) is 0 Å². The van der Waals surface area contributed by atoms with Crippen molar-refractivity contribution in [3.8, 4) is 5.69 Å². The third-order valence-electron chi connectivity index (χ3n) is 16.4. The van der Waals surface area contributed by atoms with Crippen molar-refractivity contribution in [2.75, 3.05) is 9.80 Å². The fraction of sp³-hybridized carbons (Fsp3) is 0.200. The Kier molecular flexibility index (Phi) is 8.61. The van der Waals surface area contributed by atoms with Crippen LogP contribution in [0.1, 0.15) is 69.4 Å². The molecule has 0 amide bonds. The van der Waals surface area contributed by atoms with Crippen molar-refractivity contribution in [1.82, 2.24) is 9.13 Å². The summed E-state index contributed by atoms with van der Waals surface area (Å²) in [5.41, 5.74) is 24.8. The lowest BCUT2D eigenvalue weighted by atomic mass is 9.26. The first kappa shape index (κ1) is 41.5. The van der Waals surface area contributed by atoms with E-state index >= 15 is 0 Å². The Morgan fingerprint density at radius 2 is 0.971 bits per heavy atom. The Morgan fingerprint density at radius 1 is 0.486 bits per heavy atom. The number of aromatic nitrogens is 2. The van der Waals surface area contributed by atoms with Gasteiger partial charge in [0.2, 0.25) is 6.71 Å². The lowest BCUT2D eigenvalue weighted by molar-refractivity contribution is 0.590. The van der Waals surface area contributed by atoms with Crippen molar-refractivity contribution in [2.24, 2.45) is 5.92 Å². The SMILES string of the molecule is Cc1ccc(N(c2ccc(C)cc2)c2cc3c4c(c2)-n2c5ccccc5c5cc6c7ccccc7n7c6c(c52)B4C2C7=CC(N(c4ccc(C(C)(C)C)cc4)c4ccc(C(C)(C)C)cc4)=CC2C3)cc1. The van der Waals surface area contributed by atoms with Gasteiger partial charge in [-0.2, -0.15) is 0 Å². The largest absolute Gasteiger partial charge is 0.314 e. The highest BCUT2D eigenvalue weighted by molar-refractivity contribution is 6.93. The molecule has 0 bridgehead atoms. The number of anilines is 5. The van der Waals surface area contributed by atoms with Crippen molar-refractivity contribution in [1.29, 1.82) is 0 Å². The summed E-state index contributed by atoms with van der Waals surface area (Å²) in [7, 11) is 0. The third kappa shape index (κ3) is 5.90. The van der Waals surface area contributed by atoms with E-state index < -0.39 is 0 Å². The van der Waals surface area contributed by atoms with Crippen molar-refractivity contribution in [2.45, 2.75) is 78.5 Å². The maximum Gasteiger partial charge on any atom is 0.227 e. The van der Waals surface area contributed by atoms with Crippen LogP contribution in [-0.2, 0) is 17.3 Å². The van der Waals surface area contributed by atoms with Gasteiger partial charge in [0.05, 0.1) is 22.1 Å². The van der Waals surface area contributed by atoms with Gasteiger partial charge >= 0.3 is 0 Å². The quantitative estimate of drug-likeness (QED) is 0.155. The second-order valence-corrected chi connectivity index (χ2v) is 22.8. The lowest BCUT2D eigenvalue weighted by Crippen LogP contribution is -2.60. The van der Waals surface area contributed by atoms with Crippen LogP contribution in [0.4, 0.5) is 28.4 Å². The van der Waals surface area contributed by atoms with Gasteiger partial charge in [-0.1, -0.05) is 144 Å². The minimum atomic E-state index is 0.0478. The van der Waals surface area contributed by atoms with E-state index in [-0.39, 0.29) is 29.3 Å². The lowest BCUT2D eigenvalue weighted by Gasteiger charge is -2.48. The van der Waals surface area contributed by atoms with Gasteiger partial charge in [0.1, 0.15) is 0 Å². The zero-order valence-electron chi connectivity index (χ0n) is 41.5. The number of nitrogens with zero attached hydrogens (tertiary/aromatic N) is 4. The summed E-state index contributed by atoms with van der Waals surface area (Å²) in [5.74, 6) is 0.465. The molecule has 0 spiro atoms. The monoisotopic (exact) mass is 904 g/mol. The molecule has 0 N–H and O–H groups in total. The van der Waals surface area contributed by atoms with Gasteiger partial charge in [-0.3, -0.25) is 0 Å². The van der Waals surface area contributed by atoms with Crippen LogP contribution in [-0.4, -0.2) is 15.8 Å². The molecule has 1 aliphatic carbocycles. The van der Waals surface area contributed by atoms with E-state index in [9.17, 15) is 0 Å². The van der Waals surface area contributed by atoms with Crippen molar-refractivity contribution in [3.05, 3.63) is 209 Å². The predicted molar refractivity (Wildman–Crippen MR) is 299 cm³/mol. The van der Waals surface area contributed by atoms with E-state index in [0.717, 1.165) is 17.8 Å². The number of allylic oxidation sites excluding steroid dienone is 3. The molecule has 2 atom stereocenters. The first-order valence-electron chi connectivity index (χ1n) is 25.3. The number of rotatable bonds is 6. The molecular formula is C65H57BN4. The Bertz CT molecular complexity index is 3780. The highest BCUT2D eigenvalue weighted by Gasteiger charge is 2.52. The second-order valence-electron chi connectivity index (χ2n) is 22.8. The smallest absolute Gasteiger partial charge is 0.227 e. The van der Waals surface area contributed by atoms with Gasteiger partial charge in [-0.15, -0.1) is 0 Å². The molecule has 0 saturated carbocycles. The summed E-state index contributed by atoms with van der Waals surface area (Å²) in [5, 5.41) is 5.32. The van der Waals surface area contributed by atoms with E-state index in [1.165, 1.54) is 116 Å². The maximum absolute atomic E-state index is 2.70. The van der Waals surface area contributed by atoms with Crippen molar-refractivity contribution < 1.29 is 0 Å². The standard InChI is InChI=1S/C65H57BN4/c1-39-17-25-45(26-18-39)67(46-27-19-40(2)20-28-46)49-34-41-33-42-35-50(68(47-29-21-43(22-30-47)64(3,4)5)48-31-23-44(24-32-48)65(6,7)8)37-58-60(42)66-59(41)57(36-49)69-55-15-11-9-13-51(55)53-38-54-52-14-10-12-16-56(52)70(58)63(54)61(66)62(53)69/h9-32,34-38,42,60H,33H2,1-8H3. The van der Waals surface area contributed by atoms with Gasteiger partial charge in [0.15, 0.2) is 0 Å². The van der Waals surface area contributed by atoms with Crippen LogP contribution in [0.3, 0.4) is 0 Å². The first-order chi connectivity index (χ1) is 33.8. The van der Waals surface area contributed by atoms with Gasteiger partial charge < -0.3 is 18.9 Å². The molecule has 4 nitrogen and oxygen atoms in total. The van der Waals surface area contributed by atoms with Gasteiger partial charge in [0.25, 0.3) is 0 Å². The Hall–Kier alpha value is -7.50. The number of aryl methyl sites for hydroxylation is 2. The Morgan fingerprint density at radius 3 is 1.51 bits per heavy atom. The maximum atomic E-state index is 2.70. The fourth-order valence-electron chi connectivity index (χ4n) is 13.0. The summed E-state index contributed by atoms with van der Waals surface area (Å²) in [6, 6.07) is 62.8. The summed E-state index contributed by atoms with van der Waals surface area (Å²) >= 11 is 0. The molecule has 5 heterocycles. The highest BCUT2D eigenvalue weighted by Crippen LogP contribution is 2.55. The van der Waals surface area contributed by atoms with Crippen LogP contribution in [0.5, 0.6) is 0 Å². The van der Waals surface area contributed by atoms with Crippen LogP contribution in [0, 0.1) is 19.8 Å². The molecule has 5 heteroatoms. The van der Waals surface area contributed by atoms with E-state index in [4.69, 9.17) is 0 Å². The molecule has 70 heavy (non-hydrogen) atoms. The molecule has 0 radical (unpaired) electrons. The molecule has 340 valence electrons. The highest BCUT2D eigenvalue weighted by atomic mass is 15.2. The van der Waals surface area contributed by atoms with Crippen molar-refractivity contribution >= 4 is 95.4 Å². The number of benzene rings is 8. The number of hydrogen-bond acceptors (Lipinski definition) is 2. The number of hydrogen-bond donors (Lipinski definition) is 0. The zero-order chi connectivity index (χ0) is 47.5. The minimum Gasteiger partial charge on any atom is -0.314 e. The molecule has 0 saturated heterocycles. The summed E-state index contributed by atoms with van der Waals surface area (Å²) < 4.78 is 5.36. The minimum absolute atomic E-state index is 0.0478. The van der Waals surface area contributed by atoms with Crippen LogP contribution in [0.2, 0.25) is 5.82 Å². The third-order valence-corrected chi connectivity index (χ3v) is 16.4. The summed E-state index contributed by atoms with van der Waals surface area (Å²) in [6.45, 7) is 18.4. The number of para-hydroxylation sites is 2. The average Bonchev–Trinajstić information content (AvgIpc) is 3.87. The van der Waals surface area contributed by atoms with Crippen LogP contribution < -0.4 is 20.7 Å². The van der Waals surface area contributed by atoms with Crippen LogP contribution in [0.15, 0.2) is 182 Å².